The summed E-state index contributed by atoms with van der Waals surface area (Å²) in [6, 6.07) is 1.71. The number of hydrogen-bond acceptors (Lipinski definition) is 7. The van der Waals surface area contributed by atoms with Crippen molar-refractivity contribution in [3.8, 4) is 0 Å². The lowest BCUT2D eigenvalue weighted by Gasteiger charge is -2.06. The lowest BCUT2D eigenvalue weighted by molar-refractivity contribution is -0.135. The van der Waals surface area contributed by atoms with Gasteiger partial charge in [-0.05, 0) is 18.6 Å². The van der Waals surface area contributed by atoms with Crippen molar-refractivity contribution >= 4 is 41.3 Å². The topological polar surface area (TPSA) is 156 Å². The van der Waals surface area contributed by atoms with Gasteiger partial charge in [-0.3, -0.25) is 19.6 Å². The zero-order valence-electron chi connectivity index (χ0n) is 15.0. The van der Waals surface area contributed by atoms with E-state index in [1.165, 1.54) is 12.4 Å². The summed E-state index contributed by atoms with van der Waals surface area (Å²) in [6.45, 7) is 2.19. The van der Waals surface area contributed by atoms with Gasteiger partial charge in [0.15, 0.2) is 0 Å². The number of aromatic nitrogens is 1. The van der Waals surface area contributed by atoms with Crippen molar-refractivity contribution in [3.05, 3.63) is 35.3 Å². The highest BCUT2D eigenvalue weighted by atomic mass is 16.4. The minimum Gasteiger partial charge on any atom is -0.480 e. The van der Waals surface area contributed by atoms with Gasteiger partial charge in [-0.1, -0.05) is 6.92 Å². The van der Waals surface area contributed by atoms with Gasteiger partial charge in [0.25, 0.3) is 0 Å². The Kier molecular flexibility index (Phi) is 6.81. The fourth-order valence-corrected chi connectivity index (χ4v) is 2.36. The predicted molar refractivity (Wildman–Crippen MR) is 105 cm³/mol. The number of carboxylic acids is 1. The second-order valence-electron chi connectivity index (χ2n) is 5.82. The van der Waals surface area contributed by atoms with Crippen LogP contribution in [0.4, 0.5) is 5.69 Å². The lowest BCUT2D eigenvalue weighted by atomic mass is 10.1. The molecular formula is C18H22N6O3. The highest BCUT2D eigenvalue weighted by Crippen LogP contribution is 2.27. The van der Waals surface area contributed by atoms with Crippen LogP contribution in [0.5, 0.6) is 0 Å². The standard InChI is InChI=1S/C18H22N6O3/c1-2-3-22-18(27)11-4-14-15(24-16(20)6-11)5-12(9-23-14)13(7-19)8-21-10-17(25)26/h4-5,7-9H,2-3,6,10,19H2,1H3,(H2,20,24)(H,22,27)(H,25,26)/b13-7+,21-8?. The smallest absolute Gasteiger partial charge is 0.325 e. The normalized spacial score (nSPS) is 14.2. The van der Waals surface area contributed by atoms with Gasteiger partial charge < -0.3 is 21.9 Å². The maximum Gasteiger partial charge on any atom is 0.325 e. The maximum absolute atomic E-state index is 12.3. The van der Waals surface area contributed by atoms with E-state index in [1.54, 1.807) is 18.3 Å². The molecule has 2 rings (SSSR count). The van der Waals surface area contributed by atoms with Crippen molar-refractivity contribution in [2.45, 2.75) is 19.8 Å². The summed E-state index contributed by atoms with van der Waals surface area (Å²) in [4.78, 5) is 35.3. The summed E-state index contributed by atoms with van der Waals surface area (Å²) < 4.78 is 0. The van der Waals surface area contributed by atoms with Gasteiger partial charge in [-0.15, -0.1) is 0 Å². The number of carboxylic acid groups (broad SMARTS) is 1. The number of carbonyl (C=O) groups excluding carboxylic acids is 1. The molecule has 1 amide bonds. The third kappa shape index (κ3) is 5.50. The molecule has 1 aromatic heterocycles. The monoisotopic (exact) mass is 370 g/mol. The highest BCUT2D eigenvalue weighted by Gasteiger charge is 2.17. The molecule has 0 saturated heterocycles. The molecule has 1 aliphatic rings. The van der Waals surface area contributed by atoms with Gasteiger partial charge in [0.1, 0.15) is 12.4 Å². The summed E-state index contributed by atoms with van der Waals surface area (Å²) in [6.07, 6.45) is 6.94. The van der Waals surface area contributed by atoms with Gasteiger partial charge >= 0.3 is 5.97 Å². The molecule has 0 fully saturated rings. The van der Waals surface area contributed by atoms with E-state index in [0.29, 0.717) is 40.5 Å². The number of carbonyl (C=O) groups is 2. The van der Waals surface area contributed by atoms with Crippen molar-refractivity contribution in [3.63, 3.8) is 0 Å². The first-order valence-electron chi connectivity index (χ1n) is 8.40. The van der Waals surface area contributed by atoms with E-state index in [4.69, 9.17) is 16.6 Å². The molecule has 0 bridgehead atoms. The summed E-state index contributed by atoms with van der Waals surface area (Å²) >= 11 is 0. The van der Waals surface area contributed by atoms with Crippen LogP contribution in [-0.2, 0) is 9.59 Å². The Morgan fingerprint density at radius 2 is 2.22 bits per heavy atom. The number of rotatable bonds is 7. The van der Waals surface area contributed by atoms with Crippen LogP contribution < -0.4 is 16.8 Å². The molecule has 0 unspecified atom stereocenters. The fraction of sp³-hybridized carbons (Fsp3) is 0.278. The molecule has 0 spiro atoms. The van der Waals surface area contributed by atoms with Gasteiger partial charge in [-0.2, -0.15) is 0 Å². The molecule has 27 heavy (non-hydrogen) atoms. The van der Waals surface area contributed by atoms with Crippen molar-refractivity contribution in [1.82, 2.24) is 10.3 Å². The first-order valence-corrected chi connectivity index (χ1v) is 8.40. The van der Waals surface area contributed by atoms with Crippen LogP contribution in [0.2, 0.25) is 0 Å². The minimum atomic E-state index is -1.04. The molecule has 1 aromatic rings. The van der Waals surface area contributed by atoms with Crippen LogP contribution in [0.25, 0.3) is 11.6 Å². The molecule has 9 heteroatoms. The largest absolute Gasteiger partial charge is 0.480 e. The summed E-state index contributed by atoms with van der Waals surface area (Å²) in [7, 11) is 0. The molecule has 142 valence electrons. The maximum atomic E-state index is 12.3. The van der Waals surface area contributed by atoms with Crippen LogP contribution in [0.15, 0.2) is 34.0 Å². The van der Waals surface area contributed by atoms with Crippen LogP contribution in [0.1, 0.15) is 31.0 Å². The van der Waals surface area contributed by atoms with Crippen molar-refractivity contribution < 1.29 is 14.7 Å². The number of pyridine rings is 1. The molecule has 0 radical (unpaired) electrons. The lowest BCUT2D eigenvalue weighted by Crippen LogP contribution is -2.27. The number of amides is 1. The molecular weight excluding hydrogens is 348 g/mol. The van der Waals surface area contributed by atoms with Crippen LogP contribution in [0.3, 0.4) is 0 Å². The number of fused-ring (bicyclic) bond motifs is 1. The first kappa shape index (κ1) is 19.8. The number of aliphatic imine (C=N–C) groups is 2. The summed E-state index contributed by atoms with van der Waals surface area (Å²) in [5.41, 5.74) is 14.2. The predicted octanol–water partition coefficient (Wildman–Crippen LogP) is 0.839. The summed E-state index contributed by atoms with van der Waals surface area (Å²) in [5.74, 6) is -0.945. The zero-order chi connectivity index (χ0) is 19.8. The molecule has 0 atom stereocenters. The van der Waals surface area contributed by atoms with E-state index in [9.17, 15) is 9.59 Å². The Bertz CT molecular complexity index is 855. The molecule has 1 aliphatic heterocycles. The molecule has 2 heterocycles. The van der Waals surface area contributed by atoms with Crippen LogP contribution in [0, 0.1) is 0 Å². The second-order valence-corrected chi connectivity index (χ2v) is 5.82. The van der Waals surface area contributed by atoms with E-state index in [-0.39, 0.29) is 18.9 Å². The number of allylic oxidation sites excluding steroid dienone is 1. The van der Waals surface area contributed by atoms with Gasteiger partial charge in [-0.25, -0.2) is 4.99 Å². The molecule has 9 nitrogen and oxygen atoms in total. The van der Waals surface area contributed by atoms with Crippen molar-refractivity contribution in [2.24, 2.45) is 21.5 Å². The number of nitrogens with zero attached hydrogens (tertiary/aromatic N) is 3. The number of aliphatic carboxylic acids is 1. The van der Waals surface area contributed by atoms with Gasteiger partial charge in [0.05, 0.1) is 11.4 Å². The fourth-order valence-electron chi connectivity index (χ4n) is 2.36. The van der Waals surface area contributed by atoms with Gasteiger partial charge in [0, 0.05) is 48.3 Å². The van der Waals surface area contributed by atoms with Crippen molar-refractivity contribution in [2.75, 3.05) is 13.1 Å². The Morgan fingerprint density at radius 3 is 2.89 bits per heavy atom. The molecule has 0 aromatic carbocycles. The Balaban J connectivity index is 2.34. The number of nitrogens with two attached hydrogens (primary N) is 2. The third-order valence-corrected chi connectivity index (χ3v) is 3.64. The molecule has 0 saturated carbocycles. The quantitative estimate of drug-likeness (QED) is 0.521. The SMILES string of the molecule is CCCNC(=O)C1=Cc2ncc(/C(C=NCC(=O)O)=C/N)cc2N=C(N)C1. The molecule has 6 N–H and O–H groups in total. The zero-order valence-corrected chi connectivity index (χ0v) is 15.0. The average molecular weight is 370 g/mol. The van der Waals surface area contributed by atoms with E-state index in [0.717, 1.165) is 6.42 Å². The number of hydrogen-bond donors (Lipinski definition) is 4. The summed E-state index contributed by atoms with van der Waals surface area (Å²) in [5, 5.41) is 11.5. The minimum absolute atomic E-state index is 0.197. The molecule has 0 aliphatic carbocycles. The number of nitrogens with one attached hydrogen (secondary N) is 1. The Hall–Kier alpha value is -3.49. The van der Waals surface area contributed by atoms with Gasteiger partial charge in [0.2, 0.25) is 5.91 Å². The average Bonchev–Trinajstić information content (AvgIpc) is 2.80. The van der Waals surface area contributed by atoms with E-state index >= 15 is 0 Å². The van der Waals surface area contributed by atoms with Crippen LogP contribution in [-0.4, -0.2) is 47.1 Å². The first-order chi connectivity index (χ1) is 12.9. The Morgan fingerprint density at radius 1 is 1.44 bits per heavy atom. The third-order valence-electron chi connectivity index (χ3n) is 3.64. The Labute approximate surface area is 156 Å². The highest BCUT2D eigenvalue weighted by molar-refractivity contribution is 6.10. The second kappa shape index (κ2) is 9.27. The van der Waals surface area contributed by atoms with E-state index in [2.05, 4.69) is 20.3 Å². The van der Waals surface area contributed by atoms with Crippen LogP contribution >= 0.6 is 0 Å². The van der Waals surface area contributed by atoms with E-state index < -0.39 is 5.97 Å². The van der Waals surface area contributed by atoms with E-state index in [1.807, 2.05) is 6.92 Å². The van der Waals surface area contributed by atoms with Crippen molar-refractivity contribution in [1.29, 1.82) is 0 Å². The number of amidine groups is 1.